The van der Waals surface area contributed by atoms with Gasteiger partial charge in [-0.3, -0.25) is 4.79 Å². The van der Waals surface area contributed by atoms with Crippen molar-refractivity contribution in [3.63, 3.8) is 0 Å². The van der Waals surface area contributed by atoms with E-state index in [1.54, 1.807) is 36.6 Å². The maximum absolute atomic E-state index is 12.5. The molecule has 1 heterocycles. The van der Waals surface area contributed by atoms with Crippen LogP contribution in [-0.2, 0) is 6.54 Å². The van der Waals surface area contributed by atoms with E-state index in [1.807, 2.05) is 35.7 Å². The van der Waals surface area contributed by atoms with Crippen LogP contribution < -0.4 is 14.8 Å². The minimum atomic E-state index is -0.178. The summed E-state index contributed by atoms with van der Waals surface area (Å²) in [5, 5.41) is 5.82. The maximum Gasteiger partial charge on any atom is 0.251 e. The maximum atomic E-state index is 12.5. The third kappa shape index (κ3) is 5.10. The molecule has 1 aromatic heterocycles. The summed E-state index contributed by atoms with van der Waals surface area (Å²) in [4.78, 5) is 17.1. The van der Waals surface area contributed by atoms with E-state index >= 15 is 0 Å². The standard InChI is InChI=1S/C22H24N2O3S/c1-15(2)13-27-19-10-9-17(11-20(19)26-3)21(25)23-12-18-14-28-22(24-18)16-7-5-4-6-8-16/h4-11,14-15H,12-13H2,1-3H3,(H,23,25). The average Bonchev–Trinajstić information content (AvgIpc) is 3.20. The number of ether oxygens (including phenoxy) is 2. The Bertz CT molecular complexity index is 923. The fourth-order valence-electron chi connectivity index (χ4n) is 2.56. The lowest BCUT2D eigenvalue weighted by Gasteiger charge is -2.13. The van der Waals surface area contributed by atoms with Crippen molar-refractivity contribution in [1.82, 2.24) is 10.3 Å². The predicted octanol–water partition coefficient (Wildman–Crippen LogP) is 4.78. The number of nitrogens with zero attached hydrogens (tertiary/aromatic N) is 1. The largest absolute Gasteiger partial charge is 0.493 e. The van der Waals surface area contributed by atoms with Gasteiger partial charge in [-0.25, -0.2) is 4.98 Å². The van der Waals surface area contributed by atoms with Gasteiger partial charge in [0.25, 0.3) is 5.91 Å². The number of rotatable bonds is 8. The number of thiazole rings is 1. The molecule has 3 aromatic rings. The van der Waals surface area contributed by atoms with Gasteiger partial charge >= 0.3 is 0 Å². The highest BCUT2D eigenvalue weighted by molar-refractivity contribution is 7.13. The number of benzene rings is 2. The summed E-state index contributed by atoms with van der Waals surface area (Å²) in [7, 11) is 1.57. The second kappa shape index (κ2) is 9.37. The van der Waals surface area contributed by atoms with Gasteiger partial charge in [0.15, 0.2) is 11.5 Å². The van der Waals surface area contributed by atoms with Gasteiger partial charge in [-0.2, -0.15) is 0 Å². The number of hydrogen-bond acceptors (Lipinski definition) is 5. The van der Waals surface area contributed by atoms with Gasteiger partial charge in [0.05, 0.1) is 26.0 Å². The summed E-state index contributed by atoms with van der Waals surface area (Å²) in [6.07, 6.45) is 0. The van der Waals surface area contributed by atoms with Crippen LogP contribution in [0, 0.1) is 5.92 Å². The Morgan fingerprint density at radius 3 is 2.64 bits per heavy atom. The topological polar surface area (TPSA) is 60.5 Å². The third-order valence-electron chi connectivity index (χ3n) is 4.00. The van der Waals surface area contributed by atoms with Crippen molar-refractivity contribution in [2.45, 2.75) is 20.4 Å². The van der Waals surface area contributed by atoms with Crippen molar-refractivity contribution < 1.29 is 14.3 Å². The first kappa shape index (κ1) is 19.9. The van der Waals surface area contributed by atoms with Crippen LogP contribution in [0.5, 0.6) is 11.5 Å². The van der Waals surface area contributed by atoms with Crippen molar-refractivity contribution >= 4 is 17.2 Å². The van der Waals surface area contributed by atoms with Gasteiger partial charge in [0, 0.05) is 16.5 Å². The first-order valence-electron chi connectivity index (χ1n) is 9.15. The Morgan fingerprint density at radius 1 is 1.14 bits per heavy atom. The lowest BCUT2D eigenvalue weighted by molar-refractivity contribution is 0.0950. The van der Waals surface area contributed by atoms with Gasteiger partial charge in [0.1, 0.15) is 5.01 Å². The first-order chi connectivity index (χ1) is 13.6. The van der Waals surface area contributed by atoms with Gasteiger partial charge < -0.3 is 14.8 Å². The molecule has 5 nitrogen and oxygen atoms in total. The van der Waals surface area contributed by atoms with Crippen LogP contribution in [0.3, 0.4) is 0 Å². The number of hydrogen-bond donors (Lipinski definition) is 1. The summed E-state index contributed by atoms with van der Waals surface area (Å²) < 4.78 is 11.1. The van der Waals surface area contributed by atoms with E-state index in [0.29, 0.717) is 36.1 Å². The Balaban J connectivity index is 1.62. The zero-order chi connectivity index (χ0) is 19.9. The molecule has 0 spiro atoms. The molecule has 0 bridgehead atoms. The number of carbonyl (C=O) groups is 1. The van der Waals surface area contributed by atoms with E-state index < -0.39 is 0 Å². The van der Waals surface area contributed by atoms with Crippen molar-refractivity contribution in [2.75, 3.05) is 13.7 Å². The summed E-state index contributed by atoms with van der Waals surface area (Å²) in [5.41, 5.74) is 2.43. The molecule has 1 amide bonds. The molecule has 0 unspecified atom stereocenters. The quantitative estimate of drug-likeness (QED) is 0.595. The monoisotopic (exact) mass is 396 g/mol. The van der Waals surface area contributed by atoms with Crippen LogP contribution in [0.1, 0.15) is 29.9 Å². The SMILES string of the molecule is COc1cc(C(=O)NCc2csc(-c3ccccc3)n2)ccc1OCC(C)C. The van der Waals surface area contributed by atoms with Gasteiger partial charge in [-0.15, -0.1) is 11.3 Å². The number of nitrogens with one attached hydrogen (secondary N) is 1. The molecule has 0 aliphatic carbocycles. The minimum Gasteiger partial charge on any atom is -0.493 e. The fourth-order valence-corrected chi connectivity index (χ4v) is 3.38. The lowest BCUT2D eigenvalue weighted by Crippen LogP contribution is -2.23. The molecule has 6 heteroatoms. The Hall–Kier alpha value is -2.86. The number of methoxy groups -OCH3 is 1. The highest BCUT2D eigenvalue weighted by Gasteiger charge is 2.12. The molecule has 0 fully saturated rings. The van der Waals surface area contributed by atoms with Gasteiger partial charge in [-0.05, 0) is 24.1 Å². The number of amides is 1. The molecule has 3 rings (SSSR count). The molecule has 1 N–H and O–H groups in total. The summed E-state index contributed by atoms with van der Waals surface area (Å²) in [5.74, 6) is 1.42. The summed E-state index contributed by atoms with van der Waals surface area (Å²) in [6.45, 7) is 5.12. The first-order valence-corrected chi connectivity index (χ1v) is 10.0. The molecule has 0 aliphatic rings. The molecule has 146 valence electrons. The van der Waals surface area contributed by atoms with Crippen molar-refractivity contribution in [3.05, 3.63) is 65.2 Å². The van der Waals surface area contributed by atoms with Gasteiger partial charge in [-0.1, -0.05) is 44.2 Å². The van der Waals surface area contributed by atoms with Crippen molar-refractivity contribution in [3.8, 4) is 22.1 Å². The molecule has 2 aromatic carbocycles. The minimum absolute atomic E-state index is 0.178. The average molecular weight is 397 g/mol. The Kier molecular flexibility index (Phi) is 6.66. The molecular weight excluding hydrogens is 372 g/mol. The Labute approximate surface area is 169 Å². The molecular formula is C22H24N2O3S. The number of aromatic nitrogens is 1. The van der Waals surface area contributed by atoms with E-state index in [9.17, 15) is 4.79 Å². The molecule has 0 atom stereocenters. The van der Waals surface area contributed by atoms with Crippen LogP contribution in [0.25, 0.3) is 10.6 Å². The number of carbonyl (C=O) groups excluding carboxylic acids is 1. The lowest BCUT2D eigenvalue weighted by atomic mass is 10.2. The highest BCUT2D eigenvalue weighted by Crippen LogP contribution is 2.28. The highest BCUT2D eigenvalue weighted by atomic mass is 32.1. The van der Waals surface area contributed by atoms with Crippen LogP contribution >= 0.6 is 11.3 Å². The van der Waals surface area contributed by atoms with Crippen LogP contribution in [0.15, 0.2) is 53.9 Å². The van der Waals surface area contributed by atoms with E-state index in [1.165, 1.54) is 0 Å². The van der Waals surface area contributed by atoms with Gasteiger partial charge in [0.2, 0.25) is 0 Å². The van der Waals surface area contributed by atoms with Crippen LogP contribution in [-0.4, -0.2) is 24.6 Å². The fraction of sp³-hybridized carbons (Fsp3) is 0.273. The Morgan fingerprint density at radius 2 is 1.93 bits per heavy atom. The van der Waals surface area contributed by atoms with Crippen molar-refractivity contribution in [1.29, 1.82) is 0 Å². The smallest absolute Gasteiger partial charge is 0.251 e. The normalized spacial score (nSPS) is 10.7. The van der Waals surface area contributed by atoms with Crippen molar-refractivity contribution in [2.24, 2.45) is 5.92 Å². The second-order valence-corrected chi connectivity index (χ2v) is 7.62. The third-order valence-corrected chi connectivity index (χ3v) is 4.94. The zero-order valence-electron chi connectivity index (χ0n) is 16.3. The van der Waals surface area contributed by atoms with Crippen LogP contribution in [0.4, 0.5) is 0 Å². The second-order valence-electron chi connectivity index (χ2n) is 6.76. The molecule has 0 saturated carbocycles. The molecule has 28 heavy (non-hydrogen) atoms. The van der Waals surface area contributed by atoms with E-state index in [-0.39, 0.29) is 5.91 Å². The van der Waals surface area contributed by atoms with E-state index in [0.717, 1.165) is 16.3 Å². The molecule has 0 aliphatic heterocycles. The summed E-state index contributed by atoms with van der Waals surface area (Å²) >= 11 is 1.57. The zero-order valence-corrected chi connectivity index (χ0v) is 17.1. The van der Waals surface area contributed by atoms with E-state index in [2.05, 4.69) is 24.1 Å². The molecule has 0 saturated heterocycles. The predicted molar refractivity (Wildman–Crippen MR) is 112 cm³/mol. The van der Waals surface area contributed by atoms with Crippen LogP contribution in [0.2, 0.25) is 0 Å². The molecule has 0 radical (unpaired) electrons. The van der Waals surface area contributed by atoms with E-state index in [4.69, 9.17) is 9.47 Å². The summed E-state index contributed by atoms with van der Waals surface area (Å²) in [6, 6.07) is 15.2.